The highest BCUT2D eigenvalue weighted by atomic mass is 32.1. The van der Waals surface area contributed by atoms with Gasteiger partial charge in [-0.15, -0.1) is 0 Å². The molecule has 15 amide bonds. The minimum absolute atomic E-state index is 0.0398. The number of hydrogen-bond acceptors (Lipinski definition) is 22. The first-order valence-electron chi connectivity index (χ1n) is 33.3. The molecule has 0 bridgehead atoms. The van der Waals surface area contributed by atoms with Gasteiger partial charge in [0, 0.05) is 37.6 Å². The van der Waals surface area contributed by atoms with Gasteiger partial charge in [0.05, 0.1) is 38.2 Å². The Morgan fingerprint density at radius 2 is 0.891 bits per heavy atom. The Morgan fingerprint density at radius 1 is 0.485 bits per heavy atom. The summed E-state index contributed by atoms with van der Waals surface area (Å²) >= 11 is 8.37. The van der Waals surface area contributed by atoms with Gasteiger partial charge >= 0.3 is 5.97 Å². The monoisotopic (exact) mass is 1460 g/mol. The Balaban J connectivity index is 1.49. The first-order chi connectivity index (χ1) is 47.7. The minimum Gasteiger partial charge on any atom is -0.480 e. The number of benzene rings is 1. The molecule has 38 heteroatoms. The summed E-state index contributed by atoms with van der Waals surface area (Å²) in [6, 6.07) is -11.3. The SMILES string of the molecule is CC[C@H](C)[C@H](NC(=O)[C@@H]1CCCN1C(=O)[C@@H]1CCCN1C(=O)[C@@H](NC(=O)[C@H](CO)NC(=O)[C@H](Cc1ccccc1)NC(=O)[C@@H](NC(=O)[C@H](CS)NC(=O)[C@@H](NC(=O)CN)[C@@H](C)O)[C@@H](C)O)[C@@H](C)CC)C(=O)N[C@@H](CS)C(=O)N[C@@H](CC(N)=O)C(=O)N1CCC[C@H]1C(=O)N[C@@H](CC(N)=O)C(=O)O. The molecule has 0 unspecified atom stereocenters. The van der Waals surface area contributed by atoms with E-state index in [1.54, 1.807) is 58.0 Å². The van der Waals surface area contributed by atoms with Crippen LogP contribution in [0.5, 0.6) is 0 Å². The highest BCUT2D eigenvalue weighted by molar-refractivity contribution is 7.80. The van der Waals surface area contributed by atoms with Crippen molar-refractivity contribution < 1.29 is 97.1 Å². The van der Waals surface area contributed by atoms with Crippen LogP contribution in [0, 0.1) is 11.8 Å². The number of thiol groups is 2. The average molecular weight is 1460 g/mol. The molecule has 562 valence electrons. The van der Waals surface area contributed by atoms with Gasteiger partial charge in [0.1, 0.15) is 78.5 Å². The maximum Gasteiger partial charge on any atom is 0.326 e. The van der Waals surface area contributed by atoms with Gasteiger partial charge in [-0.2, -0.15) is 25.3 Å². The van der Waals surface area contributed by atoms with Gasteiger partial charge in [0.15, 0.2) is 0 Å². The zero-order valence-electron chi connectivity index (χ0n) is 57.2. The first kappa shape index (κ1) is 84.7. The molecule has 3 saturated heterocycles. The Kier molecular flexibility index (Phi) is 34.1. The molecule has 0 saturated carbocycles. The molecule has 3 aliphatic rings. The third kappa shape index (κ3) is 24.2. The number of aliphatic carboxylic acids is 1. The van der Waals surface area contributed by atoms with E-state index in [0.29, 0.717) is 31.2 Å². The largest absolute Gasteiger partial charge is 0.480 e. The Morgan fingerprint density at radius 3 is 1.39 bits per heavy atom. The lowest BCUT2D eigenvalue weighted by atomic mass is 9.96. The molecule has 3 fully saturated rings. The number of likely N-dealkylation sites (tertiary alicyclic amines) is 3. The summed E-state index contributed by atoms with van der Waals surface area (Å²) in [5.74, 6) is -17.6. The van der Waals surface area contributed by atoms with Gasteiger partial charge in [-0.3, -0.25) is 71.9 Å². The summed E-state index contributed by atoms with van der Waals surface area (Å²) in [5.41, 5.74) is 16.4. The number of carbonyl (C=O) groups is 16. The van der Waals surface area contributed by atoms with Crippen LogP contribution < -0.4 is 70.4 Å². The molecule has 3 aliphatic heterocycles. The van der Waals surface area contributed by atoms with Crippen molar-refractivity contribution in [1.29, 1.82) is 0 Å². The standard InChI is InChI=1S/C63H98N16O20S2/c1-7-30(3)47(57(92)71-39(28-100)53(88)68-36(24-44(65)83)60(95)77-20-12-17-41(77)55(90)69-37(63(98)99)25-45(66)84)74-56(91)42-18-13-21-78(42)61(96)43-19-14-22-79(43)62(97)48(31(4)8-2)75-52(87)38(27-80)70-51(86)35(23-34-15-10-9-11-16-34)67-59(94)50(33(6)82)76-54(89)40(29-101)72-58(93)49(32(5)81)73-46(85)26-64/h9-11,15-16,30-33,35-43,47-50,80-82,100-101H,7-8,12-14,17-29,64H2,1-6H3,(H2,65,83)(H2,66,84)(H,67,94)(H,68,88)(H,69,90)(H,70,86)(H,71,92)(H,72,93)(H,73,85)(H,74,91)(H,75,87)(H,76,89)(H,98,99)/t30-,31-,32+,33+,35-,36-,37-,38-,39-,40-,41-,42-,43-,47-,48-,49-,50-/m0/s1. The Labute approximate surface area is 594 Å². The molecule has 0 aromatic heterocycles. The number of carbonyl (C=O) groups excluding carboxylic acids is 15. The molecule has 101 heavy (non-hydrogen) atoms. The third-order valence-electron chi connectivity index (χ3n) is 17.8. The number of carboxylic acid groups (broad SMARTS) is 1. The number of primary amides is 2. The second kappa shape index (κ2) is 40.7. The summed E-state index contributed by atoms with van der Waals surface area (Å²) < 4.78 is 0. The topological polar surface area (TPSA) is 562 Å². The van der Waals surface area contributed by atoms with Gasteiger partial charge in [-0.25, -0.2) is 4.79 Å². The van der Waals surface area contributed by atoms with Crippen LogP contribution >= 0.6 is 25.3 Å². The zero-order chi connectivity index (χ0) is 75.7. The van der Waals surface area contributed by atoms with Gasteiger partial charge in [0.2, 0.25) is 88.6 Å². The summed E-state index contributed by atoms with van der Waals surface area (Å²) in [4.78, 5) is 220. The number of nitrogens with zero attached hydrogens (tertiary/aromatic N) is 3. The number of amides is 15. The maximum absolute atomic E-state index is 14.8. The van der Waals surface area contributed by atoms with Crippen molar-refractivity contribution in [2.24, 2.45) is 29.0 Å². The van der Waals surface area contributed by atoms with Crippen LogP contribution in [0.1, 0.15) is 111 Å². The predicted octanol–water partition coefficient (Wildman–Crippen LogP) is -7.45. The van der Waals surface area contributed by atoms with Crippen LogP contribution in [0.25, 0.3) is 0 Å². The summed E-state index contributed by atoms with van der Waals surface area (Å²) in [7, 11) is 0. The zero-order valence-corrected chi connectivity index (χ0v) is 59.0. The van der Waals surface area contributed by atoms with E-state index in [9.17, 15) is 97.1 Å². The number of carboxylic acids is 1. The Hall–Kier alpha value is -8.72. The molecular formula is C63H98N16O20S2. The second-order valence-corrected chi connectivity index (χ2v) is 26.0. The van der Waals surface area contributed by atoms with Crippen LogP contribution in [0.3, 0.4) is 0 Å². The van der Waals surface area contributed by atoms with Gasteiger partial charge < -0.3 is 105 Å². The van der Waals surface area contributed by atoms with E-state index in [4.69, 9.17) is 17.2 Å². The van der Waals surface area contributed by atoms with Crippen molar-refractivity contribution in [2.75, 3.05) is 44.3 Å². The summed E-state index contributed by atoms with van der Waals surface area (Å²) in [6.45, 7) is 7.58. The molecular weight excluding hydrogens is 1360 g/mol. The number of nitrogens with one attached hydrogen (secondary N) is 10. The highest BCUT2D eigenvalue weighted by Gasteiger charge is 2.47. The lowest BCUT2D eigenvalue weighted by Gasteiger charge is -2.35. The van der Waals surface area contributed by atoms with E-state index in [0.717, 1.165) is 11.8 Å². The number of rotatable bonds is 39. The van der Waals surface area contributed by atoms with Crippen molar-refractivity contribution in [3.8, 4) is 0 Å². The van der Waals surface area contributed by atoms with E-state index in [2.05, 4.69) is 78.4 Å². The van der Waals surface area contributed by atoms with E-state index in [1.807, 2.05) is 0 Å². The van der Waals surface area contributed by atoms with Crippen molar-refractivity contribution in [3.05, 3.63) is 35.9 Å². The summed E-state index contributed by atoms with van der Waals surface area (Å²) in [6.07, 6.45) is -3.06. The fourth-order valence-electron chi connectivity index (χ4n) is 11.7. The first-order valence-corrected chi connectivity index (χ1v) is 34.6. The van der Waals surface area contributed by atoms with Crippen LogP contribution in [0.4, 0.5) is 0 Å². The molecule has 20 N–H and O–H groups in total. The number of nitrogens with two attached hydrogens (primary N) is 3. The van der Waals surface area contributed by atoms with Crippen LogP contribution in [0.2, 0.25) is 0 Å². The third-order valence-corrected chi connectivity index (χ3v) is 18.5. The summed E-state index contributed by atoms with van der Waals surface area (Å²) in [5, 5.41) is 65.4. The lowest BCUT2D eigenvalue weighted by Crippen LogP contribution is -2.63. The molecule has 1 aromatic rings. The molecule has 0 radical (unpaired) electrons. The molecule has 36 nitrogen and oxygen atoms in total. The maximum atomic E-state index is 14.8. The van der Waals surface area contributed by atoms with E-state index < -0.39 is 223 Å². The molecule has 3 heterocycles. The second-order valence-electron chi connectivity index (χ2n) is 25.3. The lowest BCUT2D eigenvalue weighted by molar-refractivity contribution is -0.149. The molecule has 4 rings (SSSR count). The van der Waals surface area contributed by atoms with E-state index in [-0.39, 0.29) is 63.2 Å². The quantitative estimate of drug-likeness (QED) is 0.0272. The van der Waals surface area contributed by atoms with Crippen LogP contribution in [0.15, 0.2) is 30.3 Å². The highest BCUT2D eigenvalue weighted by Crippen LogP contribution is 2.28. The predicted molar refractivity (Wildman–Crippen MR) is 365 cm³/mol. The van der Waals surface area contributed by atoms with E-state index in [1.165, 1.54) is 16.7 Å². The van der Waals surface area contributed by atoms with Crippen molar-refractivity contribution in [2.45, 2.75) is 203 Å². The van der Waals surface area contributed by atoms with Crippen molar-refractivity contribution in [1.82, 2.24) is 67.9 Å². The molecule has 17 atom stereocenters. The minimum atomic E-state index is -1.80. The smallest absolute Gasteiger partial charge is 0.326 e. The van der Waals surface area contributed by atoms with Gasteiger partial charge in [0.25, 0.3) is 0 Å². The molecule has 1 aromatic carbocycles. The molecule has 0 aliphatic carbocycles. The fourth-order valence-corrected chi connectivity index (χ4v) is 12.2. The molecule has 0 spiro atoms. The van der Waals surface area contributed by atoms with E-state index >= 15 is 0 Å². The normalized spacial score (nSPS) is 19.9. The number of aliphatic hydroxyl groups excluding tert-OH is 3. The van der Waals surface area contributed by atoms with Crippen LogP contribution in [-0.4, -0.2) is 265 Å². The number of aliphatic hydroxyl groups is 3. The van der Waals surface area contributed by atoms with Gasteiger partial charge in [-0.05, 0) is 69.8 Å². The fraction of sp³-hybridized carbons (Fsp3) is 0.651. The average Bonchev–Trinajstić information content (AvgIpc) is 1.70. The Bertz CT molecular complexity index is 3150. The number of hydrogen-bond donors (Lipinski definition) is 19. The van der Waals surface area contributed by atoms with Gasteiger partial charge in [-0.1, -0.05) is 70.9 Å². The van der Waals surface area contributed by atoms with Crippen molar-refractivity contribution in [3.63, 3.8) is 0 Å². The van der Waals surface area contributed by atoms with Crippen molar-refractivity contribution >= 4 is 120 Å². The van der Waals surface area contributed by atoms with Crippen LogP contribution in [-0.2, 0) is 83.1 Å².